The largest absolute Gasteiger partial charge is 0.497 e. The number of benzene rings is 1. The number of hydrogen-bond donors (Lipinski definition) is 2. The number of ether oxygens (including phenoxy) is 1. The Hall–Kier alpha value is -1.71. The minimum Gasteiger partial charge on any atom is -0.497 e. The van der Waals surface area contributed by atoms with Gasteiger partial charge >= 0.3 is 0 Å². The van der Waals surface area contributed by atoms with E-state index in [0.29, 0.717) is 5.92 Å². The number of amides is 1. The summed E-state index contributed by atoms with van der Waals surface area (Å²) < 4.78 is 5.12. The van der Waals surface area contributed by atoms with Crippen molar-refractivity contribution in [2.45, 2.75) is 18.9 Å². The molecule has 16 heavy (non-hydrogen) atoms. The topological polar surface area (TPSA) is 64.3 Å². The third-order valence-corrected chi connectivity index (χ3v) is 2.79. The highest BCUT2D eigenvalue weighted by Crippen LogP contribution is 2.34. The van der Waals surface area contributed by atoms with Crippen molar-refractivity contribution in [3.8, 4) is 5.75 Å². The highest BCUT2D eigenvalue weighted by atomic mass is 16.5. The maximum Gasteiger partial charge on any atom is 0.240 e. The number of methoxy groups -OCH3 is 1. The predicted octanol–water partition coefficient (Wildman–Crippen LogP) is 1.37. The molecule has 1 amide bonds. The van der Waals surface area contributed by atoms with Crippen LogP contribution in [-0.4, -0.2) is 19.1 Å². The van der Waals surface area contributed by atoms with E-state index in [9.17, 15) is 4.79 Å². The molecular weight excluding hydrogens is 204 g/mol. The fraction of sp³-hybridized carbons (Fsp3) is 0.417. The van der Waals surface area contributed by atoms with Crippen molar-refractivity contribution < 1.29 is 9.53 Å². The number of carbonyl (C=O) groups is 1. The maximum absolute atomic E-state index is 11.3. The average molecular weight is 220 g/mol. The molecule has 3 N–H and O–H groups in total. The second-order valence-electron chi connectivity index (χ2n) is 4.09. The Bertz CT molecular complexity index is 388. The molecule has 4 nitrogen and oxygen atoms in total. The van der Waals surface area contributed by atoms with Crippen molar-refractivity contribution in [3.63, 3.8) is 0 Å². The number of rotatable bonds is 5. The van der Waals surface area contributed by atoms with Crippen LogP contribution >= 0.6 is 0 Å². The van der Waals surface area contributed by atoms with Crippen LogP contribution in [0.5, 0.6) is 5.75 Å². The number of hydrogen-bond acceptors (Lipinski definition) is 3. The van der Waals surface area contributed by atoms with Crippen LogP contribution in [0.1, 0.15) is 12.8 Å². The van der Waals surface area contributed by atoms with E-state index >= 15 is 0 Å². The minimum atomic E-state index is -0.287. The Morgan fingerprint density at radius 2 is 2.31 bits per heavy atom. The first-order valence-electron chi connectivity index (χ1n) is 5.40. The summed E-state index contributed by atoms with van der Waals surface area (Å²) in [5, 5.41) is 3.16. The summed E-state index contributed by atoms with van der Waals surface area (Å²) in [5.74, 6) is 0.873. The molecule has 2 rings (SSSR count). The van der Waals surface area contributed by atoms with E-state index in [1.165, 1.54) is 0 Å². The smallest absolute Gasteiger partial charge is 0.240 e. The van der Waals surface area contributed by atoms with Gasteiger partial charge in [-0.15, -0.1) is 0 Å². The standard InChI is InChI=1S/C12H16N2O2/c1-16-10-4-2-3-9(7-10)14-11(12(13)15)8-5-6-8/h2-4,7-8,11,14H,5-6H2,1H3,(H2,13,15). The van der Waals surface area contributed by atoms with Gasteiger partial charge in [-0.1, -0.05) is 6.07 Å². The molecule has 1 atom stereocenters. The lowest BCUT2D eigenvalue weighted by Crippen LogP contribution is -2.37. The molecule has 86 valence electrons. The lowest BCUT2D eigenvalue weighted by atomic mass is 10.1. The number of primary amides is 1. The van der Waals surface area contributed by atoms with Crippen LogP contribution in [0.3, 0.4) is 0 Å². The molecule has 1 aliphatic rings. The molecule has 0 heterocycles. The maximum atomic E-state index is 11.3. The van der Waals surface area contributed by atoms with Crippen molar-refractivity contribution in [3.05, 3.63) is 24.3 Å². The Morgan fingerprint density at radius 1 is 1.56 bits per heavy atom. The highest BCUT2D eigenvalue weighted by molar-refractivity contribution is 5.83. The number of carbonyl (C=O) groups excluding carboxylic acids is 1. The first-order chi connectivity index (χ1) is 7.70. The normalized spacial score (nSPS) is 16.6. The van der Waals surface area contributed by atoms with Crippen LogP contribution in [0, 0.1) is 5.92 Å². The van der Waals surface area contributed by atoms with Crippen LogP contribution in [-0.2, 0) is 4.79 Å². The lowest BCUT2D eigenvalue weighted by Gasteiger charge is -2.16. The summed E-state index contributed by atoms with van der Waals surface area (Å²) in [7, 11) is 1.62. The molecule has 0 radical (unpaired) electrons. The van der Waals surface area contributed by atoms with Gasteiger partial charge in [-0.3, -0.25) is 4.79 Å². The van der Waals surface area contributed by atoms with E-state index in [4.69, 9.17) is 10.5 Å². The monoisotopic (exact) mass is 220 g/mol. The van der Waals surface area contributed by atoms with Gasteiger partial charge in [0.1, 0.15) is 11.8 Å². The molecule has 1 fully saturated rings. The van der Waals surface area contributed by atoms with Crippen molar-refractivity contribution >= 4 is 11.6 Å². The van der Waals surface area contributed by atoms with Gasteiger partial charge in [0, 0.05) is 11.8 Å². The summed E-state index contributed by atoms with van der Waals surface area (Å²) in [5.41, 5.74) is 6.23. The van der Waals surface area contributed by atoms with E-state index in [2.05, 4.69) is 5.32 Å². The molecule has 0 aromatic heterocycles. The molecule has 1 saturated carbocycles. The van der Waals surface area contributed by atoms with E-state index in [0.717, 1.165) is 24.3 Å². The van der Waals surface area contributed by atoms with Gasteiger partial charge in [0.2, 0.25) is 5.91 Å². The van der Waals surface area contributed by atoms with Gasteiger partial charge in [0.25, 0.3) is 0 Å². The zero-order valence-electron chi connectivity index (χ0n) is 9.27. The van der Waals surface area contributed by atoms with Gasteiger partial charge in [-0.25, -0.2) is 0 Å². The Morgan fingerprint density at radius 3 is 2.88 bits per heavy atom. The third kappa shape index (κ3) is 2.45. The first-order valence-corrected chi connectivity index (χ1v) is 5.40. The fourth-order valence-corrected chi connectivity index (χ4v) is 1.74. The van der Waals surface area contributed by atoms with Crippen molar-refractivity contribution in [1.82, 2.24) is 0 Å². The van der Waals surface area contributed by atoms with Gasteiger partial charge in [-0.05, 0) is 30.9 Å². The van der Waals surface area contributed by atoms with E-state index < -0.39 is 0 Å². The SMILES string of the molecule is COc1cccc(NC(C(N)=O)C2CC2)c1. The minimum absolute atomic E-state index is 0.257. The molecule has 0 aliphatic heterocycles. The molecule has 1 aliphatic carbocycles. The van der Waals surface area contributed by atoms with Crippen LogP contribution in [0.15, 0.2) is 24.3 Å². The predicted molar refractivity (Wildman–Crippen MR) is 62.3 cm³/mol. The molecule has 0 spiro atoms. The van der Waals surface area contributed by atoms with Gasteiger partial charge in [0.15, 0.2) is 0 Å². The molecule has 0 saturated heterocycles. The fourth-order valence-electron chi connectivity index (χ4n) is 1.74. The second kappa shape index (κ2) is 4.43. The summed E-state index contributed by atoms with van der Waals surface area (Å²) in [6, 6.07) is 7.25. The van der Waals surface area contributed by atoms with Gasteiger partial charge in [0.05, 0.1) is 7.11 Å². The quantitative estimate of drug-likeness (QED) is 0.787. The van der Waals surface area contributed by atoms with Gasteiger partial charge < -0.3 is 15.8 Å². The molecule has 1 unspecified atom stereocenters. The first kappa shape index (κ1) is 10.8. The number of nitrogens with one attached hydrogen (secondary N) is 1. The Balaban J connectivity index is 2.08. The molecule has 1 aromatic carbocycles. The Kier molecular flexibility index (Phi) is 2.99. The molecule has 4 heteroatoms. The highest BCUT2D eigenvalue weighted by Gasteiger charge is 2.34. The third-order valence-electron chi connectivity index (χ3n) is 2.79. The van der Waals surface area contributed by atoms with Gasteiger partial charge in [-0.2, -0.15) is 0 Å². The van der Waals surface area contributed by atoms with Crippen molar-refractivity contribution in [2.75, 3.05) is 12.4 Å². The molecule has 0 bridgehead atoms. The second-order valence-corrected chi connectivity index (χ2v) is 4.09. The zero-order chi connectivity index (χ0) is 11.5. The summed E-state index contributed by atoms with van der Waals surface area (Å²) in [4.78, 5) is 11.3. The summed E-state index contributed by atoms with van der Waals surface area (Å²) in [6.07, 6.45) is 2.15. The van der Waals surface area contributed by atoms with E-state index in [-0.39, 0.29) is 11.9 Å². The van der Waals surface area contributed by atoms with Crippen molar-refractivity contribution in [2.24, 2.45) is 11.7 Å². The lowest BCUT2D eigenvalue weighted by molar-refractivity contribution is -0.119. The van der Waals surface area contributed by atoms with E-state index in [1.807, 2.05) is 24.3 Å². The molecular formula is C12H16N2O2. The van der Waals surface area contributed by atoms with Crippen molar-refractivity contribution in [1.29, 1.82) is 0 Å². The molecule has 1 aromatic rings. The summed E-state index contributed by atoms with van der Waals surface area (Å²) in [6.45, 7) is 0. The number of anilines is 1. The van der Waals surface area contributed by atoms with Crippen LogP contribution in [0.4, 0.5) is 5.69 Å². The van der Waals surface area contributed by atoms with Crippen LogP contribution in [0.2, 0.25) is 0 Å². The Labute approximate surface area is 94.8 Å². The van der Waals surface area contributed by atoms with Crippen LogP contribution in [0.25, 0.3) is 0 Å². The van der Waals surface area contributed by atoms with E-state index in [1.54, 1.807) is 7.11 Å². The number of nitrogens with two attached hydrogens (primary N) is 1. The summed E-state index contributed by atoms with van der Waals surface area (Å²) >= 11 is 0. The average Bonchev–Trinajstić information content (AvgIpc) is 3.10. The van der Waals surface area contributed by atoms with Crippen LogP contribution < -0.4 is 15.8 Å². The zero-order valence-corrected chi connectivity index (χ0v) is 9.27.